The Bertz CT molecular complexity index is 992. The van der Waals surface area contributed by atoms with Crippen LogP contribution in [0, 0.1) is 0 Å². The zero-order chi connectivity index (χ0) is 21.0. The van der Waals surface area contributed by atoms with Gasteiger partial charge in [-0.25, -0.2) is 8.42 Å². The molecule has 2 aromatic rings. The van der Waals surface area contributed by atoms with Crippen LogP contribution in [0.3, 0.4) is 0 Å². The van der Waals surface area contributed by atoms with Gasteiger partial charge in [-0.15, -0.1) is 0 Å². The number of fused-ring (bicyclic) bond motifs is 1. The summed E-state index contributed by atoms with van der Waals surface area (Å²) in [6.07, 6.45) is 1.35. The van der Waals surface area contributed by atoms with Gasteiger partial charge in [0.15, 0.2) is 11.5 Å². The summed E-state index contributed by atoms with van der Waals surface area (Å²) in [5, 5.41) is 2.78. The van der Waals surface area contributed by atoms with E-state index in [9.17, 15) is 13.2 Å². The average molecular weight is 420 g/mol. The van der Waals surface area contributed by atoms with E-state index in [0.29, 0.717) is 41.8 Å². The number of nitrogens with zero attached hydrogens (tertiary/aromatic N) is 1. The first-order valence-electron chi connectivity index (χ1n) is 9.17. The van der Waals surface area contributed by atoms with Crippen LogP contribution >= 0.6 is 0 Å². The molecule has 2 aromatic carbocycles. The number of amides is 1. The molecule has 0 radical (unpaired) electrons. The first-order valence-corrected chi connectivity index (χ1v) is 11.0. The van der Waals surface area contributed by atoms with Crippen LogP contribution in [0.5, 0.6) is 17.2 Å². The molecule has 1 N–H and O–H groups in total. The molecule has 1 amide bonds. The molecular weight excluding hydrogens is 396 g/mol. The molecule has 0 bridgehead atoms. The summed E-state index contributed by atoms with van der Waals surface area (Å²) < 4.78 is 42.4. The third-order valence-corrected chi connectivity index (χ3v) is 5.63. The van der Waals surface area contributed by atoms with E-state index in [0.717, 1.165) is 10.6 Å². The van der Waals surface area contributed by atoms with Crippen LogP contribution in [0.25, 0.3) is 0 Å². The number of nitrogens with one attached hydrogen (secondary N) is 1. The van der Waals surface area contributed by atoms with Gasteiger partial charge in [-0.3, -0.25) is 9.10 Å². The number of carbonyl (C=O) groups excluding carboxylic acids is 1. The monoisotopic (exact) mass is 420 g/mol. The van der Waals surface area contributed by atoms with Crippen molar-refractivity contribution < 1.29 is 27.4 Å². The maximum atomic E-state index is 13.0. The Morgan fingerprint density at radius 2 is 1.90 bits per heavy atom. The fourth-order valence-electron chi connectivity index (χ4n) is 3.15. The number of sulfonamides is 1. The average Bonchev–Trinajstić information content (AvgIpc) is 2.70. The molecule has 1 aliphatic heterocycles. The zero-order valence-corrected chi connectivity index (χ0v) is 17.4. The summed E-state index contributed by atoms with van der Waals surface area (Å²) in [6, 6.07) is 10.7. The number of ether oxygens (including phenoxy) is 3. The number of rotatable bonds is 7. The molecule has 8 nitrogen and oxygen atoms in total. The molecule has 1 heterocycles. The van der Waals surface area contributed by atoms with E-state index in [4.69, 9.17) is 14.2 Å². The van der Waals surface area contributed by atoms with Crippen LogP contribution in [-0.4, -0.2) is 46.9 Å². The number of hydrogen-bond donors (Lipinski definition) is 1. The van der Waals surface area contributed by atoms with Crippen molar-refractivity contribution in [2.75, 3.05) is 36.2 Å². The molecule has 0 unspecified atom stereocenters. The summed E-state index contributed by atoms with van der Waals surface area (Å²) in [7, 11) is -2.24. The van der Waals surface area contributed by atoms with E-state index in [-0.39, 0.29) is 6.42 Å². The largest absolute Gasteiger partial charge is 0.497 e. The molecule has 29 heavy (non-hydrogen) atoms. The molecule has 0 aliphatic carbocycles. The third-order valence-electron chi connectivity index (χ3n) is 4.45. The molecule has 0 fully saturated rings. The lowest BCUT2D eigenvalue weighted by Gasteiger charge is -2.30. The van der Waals surface area contributed by atoms with Crippen molar-refractivity contribution >= 4 is 27.3 Å². The Labute approximate surface area is 170 Å². The third kappa shape index (κ3) is 4.73. The fraction of sp³-hybridized carbons (Fsp3) is 0.350. The fourth-order valence-corrected chi connectivity index (χ4v) is 4.36. The van der Waals surface area contributed by atoms with Crippen LogP contribution in [0.1, 0.15) is 13.3 Å². The van der Waals surface area contributed by atoms with Crippen LogP contribution in [0.2, 0.25) is 0 Å². The number of hydrogen-bond acceptors (Lipinski definition) is 6. The predicted molar refractivity (Wildman–Crippen MR) is 110 cm³/mol. The SMILES string of the molecule is CC[C@@H](C(=O)Nc1ccc2c(c1)OCCO2)N(c1cccc(OC)c1)S(C)(=O)=O. The molecule has 0 spiro atoms. The van der Waals surface area contributed by atoms with E-state index in [1.807, 2.05) is 0 Å². The predicted octanol–water partition coefficient (Wildman–Crippen LogP) is 2.65. The van der Waals surface area contributed by atoms with Crippen molar-refractivity contribution in [3.05, 3.63) is 42.5 Å². The summed E-state index contributed by atoms with van der Waals surface area (Å²) >= 11 is 0. The van der Waals surface area contributed by atoms with Crippen molar-refractivity contribution in [1.82, 2.24) is 0 Å². The van der Waals surface area contributed by atoms with Gasteiger partial charge >= 0.3 is 0 Å². The Hall–Kier alpha value is -2.94. The second kappa shape index (κ2) is 8.60. The van der Waals surface area contributed by atoms with Gasteiger partial charge in [0.1, 0.15) is 25.0 Å². The minimum atomic E-state index is -3.73. The zero-order valence-electron chi connectivity index (χ0n) is 16.5. The van der Waals surface area contributed by atoms with Crippen molar-refractivity contribution in [3.8, 4) is 17.2 Å². The van der Waals surface area contributed by atoms with Gasteiger partial charge in [0, 0.05) is 17.8 Å². The Kier molecular flexibility index (Phi) is 6.17. The van der Waals surface area contributed by atoms with Crippen molar-refractivity contribution in [2.24, 2.45) is 0 Å². The van der Waals surface area contributed by atoms with Gasteiger partial charge in [0.25, 0.3) is 0 Å². The van der Waals surface area contributed by atoms with E-state index in [1.54, 1.807) is 49.4 Å². The summed E-state index contributed by atoms with van der Waals surface area (Å²) in [4.78, 5) is 13.0. The highest BCUT2D eigenvalue weighted by atomic mass is 32.2. The first kappa shape index (κ1) is 20.8. The maximum absolute atomic E-state index is 13.0. The molecule has 9 heteroatoms. The topological polar surface area (TPSA) is 94.2 Å². The normalized spacial score (nSPS) is 14.0. The molecule has 1 aliphatic rings. The Balaban J connectivity index is 1.89. The van der Waals surface area contributed by atoms with Crippen molar-refractivity contribution in [3.63, 3.8) is 0 Å². The lowest BCUT2D eigenvalue weighted by atomic mass is 10.1. The van der Waals surface area contributed by atoms with Gasteiger partial charge in [-0.05, 0) is 30.7 Å². The number of methoxy groups -OCH3 is 1. The summed E-state index contributed by atoms with van der Waals surface area (Å²) in [5.74, 6) is 1.20. The van der Waals surface area contributed by atoms with E-state index in [2.05, 4.69) is 5.32 Å². The Morgan fingerprint density at radius 1 is 1.17 bits per heavy atom. The smallest absolute Gasteiger partial charge is 0.248 e. The van der Waals surface area contributed by atoms with E-state index >= 15 is 0 Å². The van der Waals surface area contributed by atoms with Crippen LogP contribution < -0.4 is 23.8 Å². The van der Waals surface area contributed by atoms with Gasteiger partial charge in [0.05, 0.1) is 19.1 Å². The highest BCUT2D eigenvalue weighted by Gasteiger charge is 2.32. The van der Waals surface area contributed by atoms with Gasteiger partial charge in [0.2, 0.25) is 15.9 Å². The quantitative estimate of drug-likeness (QED) is 0.740. The molecule has 0 saturated carbocycles. The van der Waals surface area contributed by atoms with Crippen LogP contribution in [0.4, 0.5) is 11.4 Å². The van der Waals surface area contributed by atoms with Crippen LogP contribution in [-0.2, 0) is 14.8 Å². The minimum absolute atomic E-state index is 0.278. The second-order valence-electron chi connectivity index (χ2n) is 6.53. The van der Waals surface area contributed by atoms with Crippen molar-refractivity contribution in [1.29, 1.82) is 0 Å². The minimum Gasteiger partial charge on any atom is -0.497 e. The standard InChI is InChI=1S/C20H24N2O6S/c1-4-17(22(29(3,24)25)15-6-5-7-16(13-15)26-2)20(23)21-14-8-9-18-19(12-14)28-11-10-27-18/h5-9,12-13,17H,4,10-11H2,1-3H3,(H,21,23)/t17-/m0/s1. The molecule has 1 atom stereocenters. The second-order valence-corrected chi connectivity index (χ2v) is 8.39. The van der Waals surface area contributed by atoms with Gasteiger partial charge in [-0.1, -0.05) is 13.0 Å². The van der Waals surface area contributed by atoms with Crippen LogP contribution in [0.15, 0.2) is 42.5 Å². The van der Waals surface area contributed by atoms with Gasteiger partial charge < -0.3 is 19.5 Å². The molecule has 156 valence electrons. The number of benzene rings is 2. The Morgan fingerprint density at radius 3 is 2.55 bits per heavy atom. The lowest BCUT2D eigenvalue weighted by molar-refractivity contribution is -0.117. The number of anilines is 2. The molecule has 0 saturated heterocycles. The molecular formula is C20H24N2O6S. The highest BCUT2D eigenvalue weighted by Crippen LogP contribution is 2.33. The van der Waals surface area contributed by atoms with Gasteiger partial charge in [-0.2, -0.15) is 0 Å². The maximum Gasteiger partial charge on any atom is 0.248 e. The lowest BCUT2D eigenvalue weighted by Crippen LogP contribution is -2.47. The van der Waals surface area contributed by atoms with Crippen molar-refractivity contribution in [2.45, 2.75) is 19.4 Å². The molecule has 0 aromatic heterocycles. The van der Waals surface area contributed by atoms with E-state index in [1.165, 1.54) is 7.11 Å². The first-order chi connectivity index (χ1) is 13.8. The summed E-state index contributed by atoms with van der Waals surface area (Å²) in [6.45, 7) is 2.66. The molecule has 3 rings (SSSR count). The van der Waals surface area contributed by atoms with E-state index < -0.39 is 22.0 Å². The highest BCUT2D eigenvalue weighted by molar-refractivity contribution is 7.92. The number of carbonyl (C=O) groups is 1. The summed E-state index contributed by atoms with van der Waals surface area (Å²) in [5.41, 5.74) is 0.854.